The number of rotatable bonds is 4. The number of unbranched alkanes of at least 4 members (excludes halogenated alkanes) is 2. The average Bonchev–Trinajstić information content (AvgIpc) is 1.80. The van der Waals surface area contributed by atoms with Gasteiger partial charge in [-0.3, -0.25) is 4.57 Å². The first-order chi connectivity index (χ1) is 6.06. The van der Waals surface area contributed by atoms with Gasteiger partial charge in [-0.15, -0.1) is 0 Å². The van der Waals surface area contributed by atoms with Crippen molar-refractivity contribution in [2.75, 3.05) is 6.16 Å². The number of phosphoric acid groups is 1. The van der Waals surface area contributed by atoms with E-state index in [1.807, 2.05) is 6.92 Å². The minimum atomic E-state index is -4.64. The standard InChI is InChI=1S/C5H13O3P.H3O4P/c1-2-3-4-5-9(6,7)8;1-5(2,3)4/h2-5H2,1H3,(H2,6,7,8);(H3,1,2,3,4). The molecular weight excluding hydrogens is 234 g/mol. The van der Waals surface area contributed by atoms with Gasteiger partial charge in [0, 0.05) is 6.16 Å². The van der Waals surface area contributed by atoms with Crippen LogP contribution < -0.4 is 0 Å². The highest BCUT2D eigenvalue weighted by molar-refractivity contribution is 7.51. The highest BCUT2D eigenvalue weighted by Gasteiger charge is 2.10. The molecule has 0 aromatic heterocycles. The molecule has 0 bridgehead atoms. The van der Waals surface area contributed by atoms with Crippen molar-refractivity contribution < 1.29 is 33.6 Å². The van der Waals surface area contributed by atoms with E-state index in [1.54, 1.807) is 0 Å². The summed E-state index contributed by atoms with van der Waals surface area (Å²) in [5.41, 5.74) is 0. The maximum atomic E-state index is 10.2. The molecule has 0 aromatic rings. The van der Waals surface area contributed by atoms with Gasteiger partial charge in [0.2, 0.25) is 0 Å². The molecule has 0 unspecified atom stereocenters. The Morgan fingerprint density at radius 3 is 1.50 bits per heavy atom. The fourth-order valence-electron chi connectivity index (χ4n) is 0.568. The van der Waals surface area contributed by atoms with E-state index in [4.69, 9.17) is 29.0 Å². The summed E-state index contributed by atoms with van der Waals surface area (Å²) in [4.78, 5) is 38.3. The van der Waals surface area contributed by atoms with Gasteiger partial charge in [0.25, 0.3) is 0 Å². The molecule has 0 spiro atoms. The molecule has 0 aliphatic rings. The molecule has 0 aromatic carbocycles. The van der Waals surface area contributed by atoms with Gasteiger partial charge < -0.3 is 24.5 Å². The second-order valence-electron chi connectivity index (χ2n) is 2.61. The molecule has 0 heterocycles. The van der Waals surface area contributed by atoms with Gasteiger partial charge in [-0.2, -0.15) is 0 Å². The molecule has 88 valence electrons. The van der Waals surface area contributed by atoms with Gasteiger partial charge in [0.05, 0.1) is 0 Å². The largest absolute Gasteiger partial charge is 0.466 e. The summed E-state index contributed by atoms with van der Waals surface area (Å²) in [5, 5.41) is 0. The Morgan fingerprint density at radius 2 is 1.29 bits per heavy atom. The Morgan fingerprint density at radius 1 is 0.929 bits per heavy atom. The molecule has 0 rings (SSSR count). The van der Waals surface area contributed by atoms with Gasteiger partial charge in [0.1, 0.15) is 0 Å². The number of hydrogen-bond donors (Lipinski definition) is 5. The van der Waals surface area contributed by atoms with Crippen LogP contribution in [0.3, 0.4) is 0 Å². The van der Waals surface area contributed by atoms with Crippen LogP contribution >= 0.6 is 15.4 Å². The lowest BCUT2D eigenvalue weighted by molar-refractivity contribution is 0.275. The first-order valence-corrected chi connectivity index (χ1v) is 7.25. The monoisotopic (exact) mass is 250 g/mol. The SMILES string of the molecule is CCCCCP(=O)(O)O.O=P(O)(O)O. The van der Waals surface area contributed by atoms with Gasteiger partial charge >= 0.3 is 15.4 Å². The Hall–Kier alpha value is 0.260. The molecule has 0 aliphatic carbocycles. The van der Waals surface area contributed by atoms with Crippen LogP contribution in [0.2, 0.25) is 0 Å². The summed E-state index contributed by atoms with van der Waals surface area (Å²) >= 11 is 0. The van der Waals surface area contributed by atoms with E-state index >= 15 is 0 Å². The Kier molecular flexibility index (Phi) is 8.98. The van der Waals surface area contributed by atoms with Crippen LogP contribution in [0.15, 0.2) is 0 Å². The lowest BCUT2D eigenvalue weighted by Gasteiger charge is -2.00. The van der Waals surface area contributed by atoms with Crippen molar-refractivity contribution in [1.29, 1.82) is 0 Å². The number of hydrogen-bond acceptors (Lipinski definition) is 2. The van der Waals surface area contributed by atoms with Gasteiger partial charge in [0.15, 0.2) is 0 Å². The summed E-state index contributed by atoms with van der Waals surface area (Å²) in [5.74, 6) is 0. The van der Waals surface area contributed by atoms with E-state index in [0.29, 0.717) is 6.42 Å². The fourth-order valence-corrected chi connectivity index (χ4v) is 1.20. The first-order valence-electron chi connectivity index (χ1n) is 3.89. The summed E-state index contributed by atoms with van der Waals surface area (Å²) < 4.78 is 19.1. The van der Waals surface area contributed by atoms with Gasteiger partial charge in [-0.05, 0) is 6.42 Å². The van der Waals surface area contributed by atoms with Crippen LogP contribution in [0.1, 0.15) is 26.2 Å². The molecule has 7 nitrogen and oxygen atoms in total. The van der Waals surface area contributed by atoms with Crippen LogP contribution in [-0.2, 0) is 9.13 Å². The van der Waals surface area contributed by atoms with Crippen molar-refractivity contribution in [3.05, 3.63) is 0 Å². The smallest absolute Gasteiger partial charge is 0.324 e. The maximum absolute atomic E-state index is 10.2. The topological polar surface area (TPSA) is 135 Å². The Balaban J connectivity index is 0. The highest BCUT2D eigenvalue weighted by atomic mass is 31.2. The van der Waals surface area contributed by atoms with Gasteiger partial charge in [-0.1, -0.05) is 19.8 Å². The predicted molar refractivity (Wildman–Crippen MR) is 50.7 cm³/mol. The lowest BCUT2D eigenvalue weighted by atomic mass is 10.3. The van der Waals surface area contributed by atoms with Crippen molar-refractivity contribution in [1.82, 2.24) is 0 Å². The van der Waals surface area contributed by atoms with Crippen molar-refractivity contribution in [2.45, 2.75) is 26.2 Å². The first kappa shape index (κ1) is 16.7. The summed E-state index contributed by atoms with van der Waals surface area (Å²) in [6.45, 7) is 2.00. The molecule has 0 saturated carbocycles. The van der Waals surface area contributed by atoms with E-state index in [9.17, 15) is 4.57 Å². The van der Waals surface area contributed by atoms with Crippen LogP contribution in [0.4, 0.5) is 0 Å². The molecule has 0 fully saturated rings. The third-order valence-electron chi connectivity index (χ3n) is 1.05. The quantitative estimate of drug-likeness (QED) is 0.360. The Labute approximate surface area is 82.2 Å². The minimum absolute atomic E-state index is 0.0425. The van der Waals surface area contributed by atoms with Crippen LogP contribution in [0, 0.1) is 0 Å². The summed E-state index contributed by atoms with van der Waals surface area (Å²) in [7, 11) is -8.33. The minimum Gasteiger partial charge on any atom is -0.324 e. The maximum Gasteiger partial charge on any atom is 0.466 e. The third-order valence-corrected chi connectivity index (χ3v) is 1.95. The van der Waals surface area contributed by atoms with E-state index in [-0.39, 0.29) is 6.16 Å². The molecular formula is C5H16O7P2. The fraction of sp³-hybridized carbons (Fsp3) is 1.00. The zero-order valence-corrected chi connectivity index (χ0v) is 9.56. The van der Waals surface area contributed by atoms with Crippen LogP contribution in [0.25, 0.3) is 0 Å². The van der Waals surface area contributed by atoms with E-state index in [0.717, 1.165) is 12.8 Å². The zero-order chi connectivity index (χ0) is 11.8. The zero-order valence-electron chi connectivity index (χ0n) is 7.78. The van der Waals surface area contributed by atoms with E-state index in [2.05, 4.69) is 0 Å². The van der Waals surface area contributed by atoms with Crippen molar-refractivity contribution >= 4 is 15.4 Å². The highest BCUT2D eigenvalue weighted by Crippen LogP contribution is 2.35. The molecule has 0 radical (unpaired) electrons. The van der Waals surface area contributed by atoms with E-state index < -0.39 is 15.4 Å². The Bertz CT molecular complexity index is 208. The molecule has 0 amide bonds. The van der Waals surface area contributed by atoms with Crippen LogP contribution in [0.5, 0.6) is 0 Å². The molecule has 0 atom stereocenters. The van der Waals surface area contributed by atoms with Gasteiger partial charge in [-0.25, -0.2) is 4.57 Å². The lowest BCUT2D eigenvalue weighted by Crippen LogP contribution is -1.86. The second-order valence-corrected chi connectivity index (χ2v) is 5.41. The van der Waals surface area contributed by atoms with Crippen molar-refractivity contribution in [2.24, 2.45) is 0 Å². The van der Waals surface area contributed by atoms with Crippen molar-refractivity contribution in [3.8, 4) is 0 Å². The molecule has 14 heavy (non-hydrogen) atoms. The normalized spacial score (nSPS) is 11.9. The summed E-state index contributed by atoms with van der Waals surface area (Å²) in [6.07, 6.45) is 2.59. The van der Waals surface area contributed by atoms with Crippen molar-refractivity contribution in [3.63, 3.8) is 0 Å². The van der Waals surface area contributed by atoms with E-state index in [1.165, 1.54) is 0 Å². The molecule has 9 heteroatoms. The van der Waals surface area contributed by atoms with Crippen LogP contribution in [-0.4, -0.2) is 30.6 Å². The third kappa shape index (κ3) is 39.7. The second kappa shape index (κ2) is 7.54. The summed E-state index contributed by atoms with van der Waals surface area (Å²) in [6, 6.07) is 0. The molecule has 0 saturated heterocycles. The predicted octanol–water partition coefficient (Wildman–Crippen LogP) is 0.426. The molecule has 5 N–H and O–H groups in total. The average molecular weight is 250 g/mol. The molecule has 0 aliphatic heterocycles.